The van der Waals surface area contributed by atoms with Gasteiger partial charge in [0.2, 0.25) is 0 Å². The third-order valence-corrected chi connectivity index (χ3v) is 4.90. The fourth-order valence-electron chi connectivity index (χ4n) is 1.77. The first kappa shape index (κ1) is 13.0. The molecule has 0 bridgehead atoms. The summed E-state index contributed by atoms with van der Waals surface area (Å²) in [6.07, 6.45) is 3.69. The van der Waals surface area contributed by atoms with Crippen LogP contribution in [0.3, 0.4) is 0 Å². The molecule has 0 amide bonds. The number of hydrogen-bond donors (Lipinski definition) is 0. The maximum Gasteiger partial charge on any atom is 0.0461 e. The summed E-state index contributed by atoms with van der Waals surface area (Å²) < 4.78 is 1.27. The monoisotopic (exact) mass is 401 g/mol. The van der Waals surface area contributed by atoms with E-state index in [4.69, 9.17) is 0 Å². The van der Waals surface area contributed by atoms with E-state index < -0.39 is 0 Å². The normalized spacial score (nSPS) is 14.3. The quantitative estimate of drug-likeness (QED) is 0.525. The minimum absolute atomic E-state index is 0.335. The lowest BCUT2D eigenvalue weighted by molar-refractivity contribution is 0.750. The number of aromatic nitrogens is 1. The highest BCUT2D eigenvalue weighted by atomic mass is 127. The van der Waals surface area contributed by atoms with Crippen molar-refractivity contribution < 1.29 is 0 Å². The van der Waals surface area contributed by atoms with Crippen molar-refractivity contribution in [1.82, 2.24) is 4.98 Å². The van der Waals surface area contributed by atoms with E-state index >= 15 is 0 Å². The average Bonchev–Trinajstić information content (AvgIpc) is 2.39. The van der Waals surface area contributed by atoms with Gasteiger partial charge in [-0.3, -0.25) is 4.98 Å². The molecule has 0 N–H and O–H groups in total. The van der Waals surface area contributed by atoms with Crippen LogP contribution in [-0.2, 0) is 0 Å². The summed E-state index contributed by atoms with van der Waals surface area (Å²) in [5, 5.41) is 0. The summed E-state index contributed by atoms with van der Waals surface area (Å²) >= 11 is 6.12. The van der Waals surface area contributed by atoms with Gasteiger partial charge in [0.15, 0.2) is 0 Å². The van der Waals surface area contributed by atoms with E-state index in [0.717, 1.165) is 0 Å². The molecule has 2 rings (SSSR count). The zero-order valence-electron chi connectivity index (χ0n) is 9.48. The molecule has 0 saturated carbocycles. The van der Waals surface area contributed by atoms with Gasteiger partial charge in [0.05, 0.1) is 0 Å². The fraction of sp³-hybridized carbons (Fsp3) is 0.214. The highest BCUT2D eigenvalue weighted by molar-refractivity contribution is 14.1. The number of alkyl halides is 1. The summed E-state index contributed by atoms with van der Waals surface area (Å²) in [5.74, 6) is 0.429. The van der Waals surface area contributed by atoms with Gasteiger partial charge >= 0.3 is 0 Å². The van der Waals surface area contributed by atoms with Crippen LogP contribution in [0.5, 0.6) is 0 Å². The van der Waals surface area contributed by atoms with Gasteiger partial charge in [0.1, 0.15) is 0 Å². The van der Waals surface area contributed by atoms with Gasteiger partial charge in [-0.15, -0.1) is 0 Å². The highest BCUT2D eigenvalue weighted by Crippen LogP contribution is 2.37. The van der Waals surface area contributed by atoms with Gasteiger partial charge in [-0.1, -0.05) is 35.0 Å². The van der Waals surface area contributed by atoms with E-state index in [2.05, 4.69) is 86.8 Å². The molecule has 0 aliphatic heterocycles. The fourth-order valence-corrected chi connectivity index (χ4v) is 2.74. The van der Waals surface area contributed by atoms with Crippen LogP contribution in [0.15, 0.2) is 48.8 Å². The number of rotatable bonds is 3. The van der Waals surface area contributed by atoms with Crippen LogP contribution in [0.1, 0.15) is 28.8 Å². The van der Waals surface area contributed by atoms with E-state index in [-0.39, 0.29) is 0 Å². The van der Waals surface area contributed by atoms with Crippen molar-refractivity contribution in [2.24, 2.45) is 0 Å². The Kier molecular flexibility index (Phi) is 4.56. The van der Waals surface area contributed by atoms with Gasteiger partial charge < -0.3 is 0 Å². The van der Waals surface area contributed by atoms with E-state index in [9.17, 15) is 0 Å². The average molecular weight is 402 g/mol. The summed E-state index contributed by atoms with van der Waals surface area (Å²) in [6, 6.07) is 12.8. The molecule has 0 fully saturated rings. The number of benzene rings is 1. The molecule has 3 heteroatoms. The summed E-state index contributed by atoms with van der Waals surface area (Å²) in [7, 11) is 0. The Morgan fingerprint density at radius 1 is 1.00 bits per heavy atom. The topological polar surface area (TPSA) is 12.9 Å². The number of hydrogen-bond acceptors (Lipinski definition) is 1. The molecule has 88 valence electrons. The first-order chi connectivity index (χ1) is 8.18. The molecule has 1 heterocycles. The molecule has 1 nitrogen and oxygen atoms in total. The molecule has 0 saturated heterocycles. The second kappa shape index (κ2) is 5.96. The van der Waals surface area contributed by atoms with Crippen LogP contribution in [0.4, 0.5) is 0 Å². The molecule has 0 aliphatic carbocycles. The van der Waals surface area contributed by atoms with Crippen LogP contribution in [0.25, 0.3) is 0 Å². The molecule has 1 aromatic heterocycles. The Morgan fingerprint density at radius 2 is 1.59 bits per heavy atom. The Morgan fingerprint density at radius 3 is 2.18 bits per heavy atom. The molecule has 2 aromatic rings. The number of pyridine rings is 1. The number of halogens is 2. The number of nitrogens with zero attached hydrogens (tertiary/aromatic N) is 1. The van der Waals surface area contributed by atoms with E-state index in [0.29, 0.717) is 10.7 Å². The van der Waals surface area contributed by atoms with Crippen molar-refractivity contribution >= 4 is 38.5 Å². The maximum absolute atomic E-state index is 4.06. The van der Waals surface area contributed by atoms with Crippen LogP contribution < -0.4 is 0 Å². The van der Waals surface area contributed by atoms with Gasteiger partial charge in [-0.2, -0.15) is 0 Å². The molecule has 0 aliphatic rings. The van der Waals surface area contributed by atoms with Crippen molar-refractivity contribution in [1.29, 1.82) is 0 Å². The standard InChI is InChI=1S/C14H13BrIN/c1-10(11-6-8-17-9-7-11)14(15)12-2-4-13(16)5-3-12/h2-10,14H,1H3. The van der Waals surface area contributed by atoms with E-state index in [1.807, 2.05) is 12.4 Å². The Bertz CT molecular complexity index is 469. The zero-order chi connectivity index (χ0) is 12.3. The summed E-state index contributed by atoms with van der Waals surface area (Å²) in [4.78, 5) is 4.39. The van der Waals surface area contributed by atoms with E-state index in [1.54, 1.807) is 0 Å². The predicted molar refractivity (Wildman–Crippen MR) is 83.5 cm³/mol. The lowest BCUT2D eigenvalue weighted by Gasteiger charge is -2.19. The third-order valence-electron chi connectivity index (χ3n) is 2.86. The highest BCUT2D eigenvalue weighted by Gasteiger charge is 2.17. The van der Waals surface area contributed by atoms with Crippen molar-refractivity contribution in [3.05, 3.63) is 63.5 Å². The smallest absolute Gasteiger partial charge is 0.0461 e. The molecule has 17 heavy (non-hydrogen) atoms. The second-order valence-electron chi connectivity index (χ2n) is 4.02. The third kappa shape index (κ3) is 3.28. The van der Waals surface area contributed by atoms with Gasteiger partial charge in [0.25, 0.3) is 0 Å². The van der Waals surface area contributed by atoms with Gasteiger partial charge in [-0.05, 0) is 63.9 Å². The SMILES string of the molecule is CC(c1ccncc1)C(Br)c1ccc(I)cc1. The van der Waals surface area contributed by atoms with Gasteiger partial charge in [-0.25, -0.2) is 0 Å². The van der Waals surface area contributed by atoms with Crippen molar-refractivity contribution in [2.75, 3.05) is 0 Å². The van der Waals surface area contributed by atoms with Gasteiger partial charge in [0, 0.05) is 20.8 Å². The Labute approximate surface area is 124 Å². The largest absolute Gasteiger partial charge is 0.265 e. The van der Waals surface area contributed by atoms with E-state index in [1.165, 1.54) is 14.7 Å². The lowest BCUT2D eigenvalue weighted by Crippen LogP contribution is -2.02. The molecule has 2 unspecified atom stereocenters. The van der Waals surface area contributed by atoms with Crippen molar-refractivity contribution in [3.63, 3.8) is 0 Å². The lowest BCUT2D eigenvalue weighted by atomic mass is 9.94. The molecular weight excluding hydrogens is 389 g/mol. The molecule has 0 radical (unpaired) electrons. The molecule has 0 spiro atoms. The minimum Gasteiger partial charge on any atom is -0.265 e. The summed E-state index contributed by atoms with van der Waals surface area (Å²) in [5.41, 5.74) is 2.62. The van der Waals surface area contributed by atoms with Crippen LogP contribution in [-0.4, -0.2) is 4.98 Å². The Hall–Kier alpha value is -0.420. The first-order valence-corrected chi connectivity index (χ1v) is 7.47. The van der Waals surface area contributed by atoms with Crippen LogP contribution in [0.2, 0.25) is 0 Å². The second-order valence-corrected chi connectivity index (χ2v) is 6.25. The van der Waals surface area contributed by atoms with Crippen molar-refractivity contribution in [2.45, 2.75) is 17.7 Å². The molecular formula is C14H13BrIN. The minimum atomic E-state index is 0.335. The summed E-state index contributed by atoms with van der Waals surface area (Å²) in [6.45, 7) is 2.23. The maximum atomic E-state index is 4.06. The van der Waals surface area contributed by atoms with Crippen molar-refractivity contribution in [3.8, 4) is 0 Å². The predicted octanol–water partition coefficient (Wildman–Crippen LogP) is 4.93. The zero-order valence-corrected chi connectivity index (χ0v) is 13.2. The van der Waals surface area contributed by atoms with Crippen LogP contribution in [0, 0.1) is 3.57 Å². The molecule has 1 aromatic carbocycles. The van der Waals surface area contributed by atoms with Crippen LogP contribution >= 0.6 is 38.5 Å². The first-order valence-electron chi connectivity index (χ1n) is 5.48. The Balaban J connectivity index is 2.20. The molecule has 2 atom stereocenters.